The Morgan fingerprint density at radius 2 is 1.76 bits per heavy atom. The molecule has 1 aromatic carbocycles. The van der Waals surface area contributed by atoms with Crippen LogP contribution < -0.4 is 9.46 Å². The number of carbonyl (C=O) groups is 1. The first-order valence-corrected chi connectivity index (χ1v) is 13.2. The van der Waals surface area contributed by atoms with Crippen LogP contribution in [0.25, 0.3) is 0 Å². The fraction of sp³-hybridized carbons (Fsp3) is 0.667. The Balaban J connectivity index is 1.39. The van der Waals surface area contributed by atoms with E-state index in [-0.39, 0.29) is 11.2 Å². The Labute approximate surface area is 182 Å². The number of halogens is 1. The van der Waals surface area contributed by atoms with E-state index in [1.807, 2.05) is 0 Å². The summed E-state index contributed by atoms with van der Waals surface area (Å²) >= 11 is 7.38. The molecule has 8 heteroatoms. The van der Waals surface area contributed by atoms with Gasteiger partial charge in [-0.3, -0.25) is 9.52 Å². The zero-order valence-electron chi connectivity index (χ0n) is 17.0. The van der Waals surface area contributed by atoms with Gasteiger partial charge in [0.05, 0.1) is 4.75 Å². The average molecular weight is 458 g/mol. The number of hydrogen-bond acceptors (Lipinski definition) is 5. The highest BCUT2D eigenvalue weighted by Gasteiger charge is 2.59. The van der Waals surface area contributed by atoms with Crippen molar-refractivity contribution in [2.24, 2.45) is 17.8 Å². The summed E-state index contributed by atoms with van der Waals surface area (Å²) in [6.07, 6.45) is 5.84. The molecule has 2 unspecified atom stereocenters. The fourth-order valence-electron chi connectivity index (χ4n) is 5.64. The maximum Gasteiger partial charge on any atom is 0.273 e. The highest BCUT2D eigenvalue weighted by Crippen LogP contribution is 2.60. The van der Waals surface area contributed by atoms with E-state index in [0.717, 1.165) is 32.1 Å². The first-order chi connectivity index (χ1) is 13.5. The van der Waals surface area contributed by atoms with E-state index in [4.69, 9.17) is 16.3 Å². The molecular weight excluding hydrogens is 430 g/mol. The van der Waals surface area contributed by atoms with Gasteiger partial charge in [0.15, 0.2) is 15.4 Å². The molecular formula is C21H28ClNO4S2. The minimum atomic E-state index is -3.06. The first-order valence-electron chi connectivity index (χ1n) is 10.1. The minimum absolute atomic E-state index is 0.191. The number of ether oxygens (including phenoxy) is 1. The van der Waals surface area contributed by atoms with Crippen molar-refractivity contribution in [3.8, 4) is 5.75 Å². The van der Waals surface area contributed by atoms with Crippen LogP contribution in [0.3, 0.4) is 0 Å². The quantitative estimate of drug-likeness (QED) is 0.646. The summed E-state index contributed by atoms with van der Waals surface area (Å²) in [5.74, 6) is 1.61. The molecule has 5 nitrogen and oxygen atoms in total. The molecule has 0 saturated heterocycles. The second-order valence-electron chi connectivity index (χ2n) is 9.51. The number of carbonyl (C=O) groups excluding carboxylic acids is 1. The third kappa shape index (κ3) is 4.02. The van der Waals surface area contributed by atoms with Crippen LogP contribution in [-0.4, -0.2) is 36.2 Å². The summed E-state index contributed by atoms with van der Waals surface area (Å²) in [7, 11) is -3.06. The number of amides is 1. The van der Waals surface area contributed by atoms with Gasteiger partial charge in [-0.2, -0.15) is 0 Å². The van der Waals surface area contributed by atoms with Crippen molar-refractivity contribution < 1.29 is 17.9 Å². The monoisotopic (exact) mass is 457 g/mol. The summed E-state index contributed by atoms with van der Waals surface area (Å²) in [6, 6.07) is 6.94. The minimum Gasteiger partial charge on any atom is -0.478 e. The van der Waals surface area contributed by atoms with Crippen molar-refractivity contribution in [2.75, 3.05) is 6.26 Å². The lowest BCUT2D eigenvalue weighted by Gasteiger charge is -2.58. The molecule has 0 aromatic heterocycles. The molecule has 4 fully saturated rings. The summed E-state index contributed by atoms with van der Waals surface area (Å²) < 4.78 is 33.3. The molecule has 4 aliphatic rings. The second-order valence-corrected chi connectivity index (χ2v) is 13.3. The summed E-state index contributed by atoms with van der Waals surface area (Å²) in [6.45, 7) is 3.49. The predicted octanol–water partition coefficient (Wildman–Crippen LogP) is 4.25. The van der Waals surface area contributed by atoms with Crippen molar-refractivity contribution in [3.63, 3.8) is 0 Å². The van der Waals surface area contributed by atoms with E-state index >= 15 is 0 Å². The maximum absolute atomic E-state index is 12.8. The van der Waals surface area contributed by atoms with E-state index in [0.29, 0.717) is 28.5 Å². The van der Waals surface area contributed by atoms with Crippen LogP contribution in [0.2, 0.25) is 5.02 Å². The number of hydrogen-bond donors (Lipinski definition) is 1. The zero-order chi connectivity index (χ0) is 21.0. The lowest BCUT2D eigenvalue weighted by molar-refractivity contribution is -0.132. The van der Waals surface area contributed by atoms with Gasteiger partial charge in [-0.1, -0.05) is 11.6 Å². The Morgan fingerprint density at radius 1 is 1.17 bits per heavy atom. The molecule has 0 spiro atoms. The lowest BCUT2D eigenvalue weighted by atomic mass is 9.55. The fourth-order valence-corrected chi connectivity index (χ4v) is 8.62. The van der Waals surface area contributed by atoms with Crippen LogP contribution in [0, 0.1) is 17.8 Å². The molecule has 1 N–H and O–H groups in total. The SMILES string of the molecule is CC(C)(Oc1ccc(Cl)cc1)C(=O)NSC1C2CC3CC1CC(S(C)(=O)=O)(C3)C2. The standard InChI is InChI=1S/C21H28ClNO4S2/c1-20(2,27-17-6-4-16(22)5-7-17)19(24)23-28-18-14-8-13-9-15(18)12-21(10-13,11-14)29(3,25)26/h4-7,13-15,18H,8-12H2,1-3H3,(H,23,24). The van der Waals surface area contributed by atoms with E-state index in [1.165, 1.54) is 18.2 Å². The predicted molar refractivity (Wildman–Crippen MR) is 117 cm³/mol. The molecule has 29 heavy (non-hydrogen) atoms. The van der Waals surface area contributed by atoms with Gasteiger partial charge in [0.25, 0.3) is 5.91 Å². The normalized spacial score (nSPS) is 33.5. The molecule has 1 amide bonds. The average Bonchev–Trinajstić information content (AvgIpc) is 2.61. The Kier molecular flexibility index (Phi) is 5.40. The van der Waals surface area contributed by atoms with Crippen molar-refractivity contribution in [1.29, 1.82) is 0 Å². The molecule has 0 aliphatic heterocycles. The summed E-state index contributed by atoms with van der Waals surface area (Å²) in [5.41, 5.74) is -1.03. The Bertz CT molecular complexity index is 884. The van der Waals surface area contributed by atoms with Gasteiger partial charge in [0, 0.05) is 16.5 Å². The van der Waals surface area contributed by atoms with Gasteiger partial charge in [0.1, 0.15) is 5.75 Å². The van der Waals surface area contributed by atoms with Crippen LogP contribution >= 0.6 is 23.5 Å². The highest BCUT2D eigenvalue weighted by molar-refractivity contribution is 7.98. The third-order valence-corrected chi connectivity index (χ3v) is 10.6. The maximum atomic E-state index is 12.8. The molecule has 0 radical (unpaired) electrons. The van der Waals surface area contributed by atoms with Crippen molar-refractivity contribution >= 4 is 39.3 Å². The third-order valence-electron chi connectivity index (χ3n) is 6.94. The van der Waals surface area contributed by atoms with E-state index in [1.54, 1.807) is 38.1 Å². The number of rotatable bonds is 6. The first kappa shape index (κ1) is 21.3. The van der Waals surface area contributed by atoms with Crippen LogP contribution in [0.1, 0.15) is 46.0 Å². The molecule has 4 aliphatic carbocycles. The molecule has 2 atom stereocenters. The Morgan fingerprint density at radius 3 is 2.31 bits per heavy atom. The molecule has 5 rings (SSSR count). The molecule has 160 valence electrons. The Hall–Kier alpha value is -0.920. The van der Waals surface area contributed by atoms with Crippen molar-refractivity contribution in [1.82, 2.24) is 4.72 Å². The smallest absolute Gasteiger partial charge is 0.273 e. The van der Waals surface area contributed by atoms with Crippen LogP contribution in [0.4, 0.5) is 0 Å². The van der Waals surface area contributed by atoms with Gasteiger partial charge in [0.2, 0.25) is 0 Å². The van der Waals surface area contributed by atoms with Crippen LogP contribution in [0.15, 0.2) is 24.3 Å². The van der Waals surface area contributed by atoms with E-state index in [2.05, 4.69) is 4.72 Å². The van der Waals surface area contributed by atoms with Gasteiger partial charge < -0.3 is 4.74 Å². The van der Waals surface area contributed by atoms with Crippen LogP contribution in [0.5, 0.6) is 5.75 Å². The number of benzene rings is 1. The second kappa shape index (κ2) is 7.34. The van der Waals surface area contributed by atoms with E-state index in [9.17, 15) is 13.2 Å². The molecule has 4 saturated carbocycles. The number of sulfone groups is 1. The van der Waals surface area contributed by atoms with Crippen molar-refractivity contribution in [3.05, 3.63) is 29.3 Å². The van der Waals surface area contributed by atoms with Gasteiger partial charge in [-0.05, 0) is 99.9 Å². The molecule has 0 heterocycles. The lowest BCUT2D eigenvalue weighted by Crippen LogP contribution is -2.59. The van der Waals surface area contributed by atoms with Gasteiger partial charge in [-0.25, -0.2) is 8.42 Å². The zero-order valence-corrected chi connectivity index (χ0v) is 19.4. The van der Waals surface area contributed by atoms with Gasteiger partial charge in [-0.15, -0.1) is 0 Å². The molecule has 4 bridgehead atoms. The summed E-state index contributed by atoms with van der Waals surface area (Å²) in [4.78, 5) is 12.8. The van der Waals surface area contributed by atoms with Crippen LogP contribution in [-0.2, 0) is 14.6 Å². The molecule has 1 aromatic rings. The highest BCUT2D eigenvalue weighted by atomic mass is 35.5. The van der Waals surface area contributed by atoms with Crippen molar-refractivity contribution in [2.45, 2.75) is 61.5 Å². The summed E-state index contributed by atoms with van der Waals surface area (Å²) in [5, 5.41) is 0.889. The largest absolute Gasteiger partial charge is 0.478 e. The van der Waals surface area contributed by atoms with Gasteiger partial charge >= 0.3 is 0 Å². The topological polar surface area (TPSA) is 72.5 Å². The van der Waals surface area contributed by atoms with E-state index < -0.39 is 20.2 Å². The number of nitrogens with one attached hydrogen (secondary N) is 1.